The predicted molar refractivity (Wildman–Crippen MR) is 114 cm³/mol. The molecule has 1 atom stereocenters. The Morgan fingerprint density at radius 2 is 2.04 bits per heavy atom. The van der Waals surface area contributed by atoms with Gasteiger partial charge in [-0.05, 0) is 50.6 Å². The molecule has 0 spiro atoms. The summed E-state index contributed by atoms with van der Waals surface area (Å²) in [5.41, 5.74) is 0.799. The van der Waals surface area contributed by atoms with Gasteiger partial charge in [0, 0.05) is 13.1 Å². The second-order valence-corrected chi connectivity index (χ2v) is 5.91. The number of guanidine groups is 1. The van der Waals surface area contributed by atoms with Gasteiger partial charge >= 0.3 is 0 Å². The Morgan fingerprint density at radius 3 is 2.69 bits per heavy atom. The molecule has 0 bridgehead atoms. The van der Waals surface area contributed by atoms with Gasteiger partial charge in [-0.3, -0.25) is 0 Å². The van der Waals surface area contributed by atoms with Crippen LogP contribution in [-0.2, 0) is 6.54 Å². The normalized spacial score (nSPS) is 12.4. The third-order valence-electron chi connectivity index (χ3n) is 3.39. The molecule has 2 aromatic rings. The van der Waals surface area contributed by atoms with Gasteiger partial charge in [0.05, 0.1) is 18.5 Å². The minimum atomic E-state index is -0.664. The molecular weight excluding hydrogens is 445 g/mol. The van der Waals surface area contributed by atoms with Gasteiger partial charge in [0.2, 0.25) is 0 Å². The minimum absolute atomic E-state index is 0. The molecule has 0 aliphatic carbocycles. The van der Waals surface area contributed by atoms with Crippen LogP contribution in [0.25, 0.3) is 0 Å². The van der Waals surface area contributed by atoms with Crippen molar-refractivity contribution in [3.8, 4) is 5.75 Å². The molecule has 144 valence electrons. The predicted octanol–water partition coefficient (Wildman–Crippen LogP) is 3.47. The van der Waals surface area contributed by atoms with Crippen molar-refractivity contribution in [2.75, 3.05) is 13.1 Å². The van der Waals surface area contributed by atoms with Crippen molar-refractivity contribution < 1.29 is 14.3 Å². The number of hydrogen-bond acceptors (Lipinski definition) is 4. The fourth-order valence-electron chi connectivity index (χ4n) is 2.28. The van der Waals surface area contributed by atoms with Crippen molar-refractivity contribution in [1.29, 1.82) is 0 Å². The van der Waals surface area contributed by atoms with E-state index in [4.69, 9.17) is 9.15 Å². The summed E-state index contributed by atoms with van der Waals surface area (Å²) in [4.78, 5) is 4.44. The number of aliphatic hydroxyl groups excluding tert-OH is 1. The van der Waals surface area contributed by atoms with E-state index in [1.165, 1.54) is 0 Å². The first-order valence-corrected chi connectivity index (χ1v) is 8.57. The zero-order chi connectivity index (χ0) is 18.1. The molecule has 1 aromatic carbocycles. The van der Waals surface area contributed by atoms with Gasteiger partial charge < -0.3 is 24.9 Å². The lowest BCUT2D eigenvalue weighted by molar-refractivity contribution is 0.179. The Bertz CT molecular complexity index is 660. The fraction of sp³-hybridized carbons (Fsp3) is 0.421. The fourth-order valence-corrected chi connectivity index (χ4v) is 2.28. The number of rotatable bonds is 8. The number of aliphatic imine (C=N–C) groups is 1. The van der Waals surface area contributed by atoms with Crippen LogP contribution in [0.15, 0.2) is 52.1 Å². The van der Waals surface area contributed by atoms with E-state index in [2.05, 4.69) is 15.6 Å². The zero-order valence-electron chi connectivity index (χ0n) is 15.4. The number of nitrogens with zero attached hydrogens (tertiary/aromatic N) is 1. The molecule has 1 aromatic heterocycles. The summed E-state index contributed by atoms with van der Waals surface area (Å²) in [6.45, 7) is 7.46. The zero-order valence-corrected chi connectivity index (χ0v) is 17.8. The largest absolute Gasteiger partial charge is 0.491 e. The topological polar surface area (TPSA) is 79.0 Å². The number of ether oxygens (including phenoxy) is 1. The van der Waals surface area contributed by atoms with Crippen molar-refractivity contribution >= 4 is 29.9 Å². The molecule has 1 unspecified atom stereocenters. The van der Waals surface area contributed by atoms with Crippen molar-refractivity contribution in [2.45, 2.75) is 39.5 Å². The maximum atomic E-state index is 10.4. The smallest absolute Gasteiger partial charge is 0.191 e. The van der Waals surface area contributed by atoms with E-state index >= 15 is 0 Å². The van der Waals surface area contributed by atoms with Crippen LogP contribution in [0.5, 0.6) is 5.75 Å². The molecule has 0 saturated heterocycles. The SMILES string of the molecule is CCNC(=NCc1ccco1)NCC(O)c1cccc(OC(C)C)c1.I. The van der Waals surface area contributed by atoms with E-state index in [1.54, 1.807) is 6.26 Å². The van der Waals surface area contributed by atoms with Crippen LogP contribution < -0.4 is 15.4 Å². The maximum Gasteiger partial charge on any atom is 0.191 e. The highest BCUT2D eigenvalue weighted by atomic mass is 127. The highest BCUT2D eigenvalue weighted by Crippen LogP contribution is 2.19. The van der Waals surface area contributed by atoms with Crippen molar-refractivity contribution in [3.63, 3.8) is 0 Å². The molecule has 1 heterocycles. The quantitative estimate of drug-likeness (QED) is 0.311. The van der Waals surface area contributed by atoms with Crippen LogP contribution in [0, 0.1) is 0 Å². The summed E-state index contributed by atoms with van der Waals surface area (Å²) in [6.07, 6.45) is 1.06. The molecule has 0 aliphatic rings. The van der Waals surface area contributed by atoms with Crippen LogP contribution in [0.4, 0.5) is 0 Å². The molecule has 7 heteroatoms. The second kappa shape index (κ2) is 11.8. The molecule has 0 radical (unpaired) electrons. The van der Waals surface area contributed by atoms with Crippen LogP contribution in [0.2, 0.25) is 0 Å². The molecule has 0 fully saturated rings. The maximum absolute atomic E-state index is 10.4. The molecule has 26 heavy (non-hydrogen) atoms. The summed E-state index contributed by atoms with van der Waals surface area (Å²) < 4.78 is 10.9. The van der Waals surface area contributed by atoms with Crippen molar-refractivity contribution in [1.82, 2.24) is 10.6 Å². The Hall–Kier alpha value is -1.74. The number of nitrogens with one attached hydrogen (secondary N) is 2. The van der Waals surface area contributed by atoms with Crippen molar-refractivity contribution in [3.05, 3.63) is 54.0 Å². The standard InChI is InChI=1S/C19H27N3O3.HI/c1-4-20-19(21-12-17-9-6-10-24-17)22-13-18(23)15-7-5-8-16(11-15)25-14(2)3;/h5-11,14,18,23H,4,12-13H2,1-3H3,(H2,20,21,22);1H. The number of furan rings is 1. The first kappa shape index (κ1) is 22.3. The van der Waals surface area contributed by atoms with E-state index in [-0.39, 0.29) is 30.1 Å². The van der Waals surface area contributed by atoms with Crippen LogP contribution in [0.1, 0.15) is 38.2 Å². The average molecular weight is 473 g/mol. The third-order valence-corrected chi connectivity index (χ3v) is 3.39. The summed E-state index contributed by atoms with van der Waals surface area (Å²) in [6, 6.07) is 11.2. The number of hydrogen-bond donors (Lipinski definition) is 3. The van der Waals surface area contributed by atoms with E-state index in [0.29, 0.717) is 19.0 Å². The van der Waals surface area contributed by atoms with Gasteiger partial charge in [0.15, 0.2) is 5.96 Å². The highest BCUT2D eigenvalue weighted by Gasteiger charge is 2.10. The monoisotopic (exact) mass is 473 g/mol. The molecule has 2 rings (SSSR count). The van der Waals surface area contributed by atoms with Gasteiger partial charge in [-0.1, -0.05) is 12.1 Å². The molecule has 0 aliphatic heterocycles. The summed E-state index contributed by atoms with van der Waals surface area (Å²) in [5, 5.41) is 16.7. The Balaban J connectivity index is 0.00000338. The second-order valence-electron chi connectivity index (χ2n) is 5.91. The molecule has 0 saturated carbocycles. The molecule has 0 amide bonds. The highest BCUT2D eigenvalue weighted by molar-refractivity contribution is 14.0. The van der Waals surface area contributed by atoms with Gasteiger partial charge in [-0.25, -0.2) is 4.99 Å². The summed E-state index contributed by atoms with van der Waals surface area (Å²) in [7, 11) is 0. The van der Waals surface area contributed by atoms with Crippen LogP contribution in [0.3, 0.4) is 0 Å². The average Bonchev–Trinajstić information content (AvgIpc) is 3.10. The van der Waals surface area contributed by atoms with Gasteiger partial charge in [0.25, 0.3) is 0 Å². The van der Waals surface area contributed by atoms with E-state index in [1.807, 2.05) is 57.2 Å². The number of halogens is 1. The Morgan fingerprint density at radius 1 is 1.23 bits per heavy atom. The Kier molecular flexibility index (Phi) is 10.1. The van der Waals surface area contributed by atoms with Gasteiger partial charge in [-0.2, -0.15) is 0 Å². The molecule has 3 N–H and O–H groups in total. The molecule has 6 nitrogen and oxygen atoms in total. The lowest BCUT2D eigenvalue weighted by Gasteiger charge is -2.17. The molecular formula is C19H28IN3O3. The number of aliphatic hydroxyl groups is 1. The lowest BCUT2D eigenvalue weighted by atomic mass is 10.1. The van der Waals surface area contributed by atoms with E-state index in [0.717, 1.165) is 23.6 Å². The van der Waals surface area contributed by atoms with Gasteiger partial charge in [-0.15, -0.1) is 24.0 Å². The van der Waals surface area contributed by atoms with E-state index in [9.17, 15) is 5.11 Å². The summed E-state index contributed by atoms with van der Waals surface area (Å²) in [5.74, 6) is 2.17. The number of benzene rings is 1. The Labute approximate surface area is 172 Å². The van der Waals surface area contributed by atoms with E-state index < -0.39 is 6.10 Å². The summed E-state index contributed by atoms with van der Waals surface area (Å²) >= 11 is 0. The van der Waals surface area contributed by atoms with Crippen LogP contribution in [-0.4, -0.2) is 30.3 Å². The minimum Gasteiger partial charge on any atom is -0.491 e. The van der Waals surface area contributed by atoms with Crippen LogP contribution >= 0.6 is 24.0 Å². The first-order chi connectivity index (χ1) is 12.1. The first-order valence-electron chi connectivity index (χ1n) is 8.57. The van der Waals surface area contributed by atoms with Crippen molar-refractivity contribution in [2.24, 2.45) is 4.99 Å². The van der Waals surface area contributed by atoms with Gasteiger partial charge in [0.1, 0.15) is 18.1 Å². The third kappa shape index (κ3) is 7.65. The lowest BCUT2D eigenvalue weighted by Crippen LogP contribution is -2.39.